The van der Waals surface area contributed by atoms with Gasteiger partial charge in [0.25, 0.3) is 0 Å². The van der Waals surface area contributed by atoms with E-state index in [-0.39, 0.29) is 23.0 Å². The van der Waals surface area contributed by atoms with Gasteiger partial charge in [-0.15, -0.1) is 23.5 Å². The number of esters is 1. The van der Waals surface area contributed by atoms with Crippen molar-refractivity contribution in [2.24, 2.45) is 0 Å². The number of hydrogen-bond acceptors (Lipinski definition) is 5. The van der Waals surface area contributed by atoms with Crippen molar-refractivity contribution in [2.45, 2.75) is 30.5 Å². The topological polar surface area (TPSA) is 55.4 Å². The Hall–Kier alpha value is -0.570. The third-order valence-corrected chi connectivity index (χ3v) is 4.99. The van der Waals surface area contributed by atoms with Crippen LogP contribution in [-0.4, -0.2) is 47.3 Å². The first-order valence-corrected chi connectivity index (χ1v) is 7.75. The Balaban J connectivity index is 3.82. The van der Waals surface area contributed by atoms with E-state index < -0.39 is 12.1 Å². The summed E-state index contributed by atoms with van der Waals surface area (Å²) in [7, 11) is 1.32. The van der Waals surface area contributed by atoms with E-state index >= 15 is 0 Å². The van der Waals surface area contributed by atoms with E-state index in [2.05, 4.69) is 4.74 Å². The second kappa shape index (κ2) is 8.66. The standard InChI is InChI=1S/C11H18F3NO3S2/c1-10(2,19-6-4-8(16)18-3)20-7-5-15-9(17)11(12,13)14/h4-7H2,1-3H3,(H,15,17). The molecule has 20 heavy (non-hydrogen) atoms. The summed E-state index contributed by atoms with van der Waals surface area (Å²) in [4.78, 5) is 21.5. The highest BCUT2D eigenvalue weighted by Crippen LogP contribution is 2.36. The average Bonchev–Trinajstić information content (AvgIpc) is 2.32. The number of nitrogens with one attached hydrogen (secondary N) is 1. The van der Waals surface area contributed by atoms with Crippen LogP contribution in [0.1, 0.15) is 20.3 Å². The maximum Gasteiger partial charge on any atom is 0.471 e. The molecule has 9 heteroatoms. The number of halogens is 3. The first kappa shape index (κ1) is 19.4. The molecule has 0 aliphatic rings. The monoisotopic (exact) mass is 333 g/mol. The molecule has 0 atom stereocenters. The highest BCUT2D eigenvalue weighted by atomic mass is 32.2. The summed E-state index contributed by atoms with van der Waals surface area (Å²) in [5, 5.41) is 1.81. The van der Waals surface area contributed by atoms with Gasteiger partial charge in [0, 0.05) is 18.1 Å². The van der Waals surface area contributed by atoms with E-state index in [1.165, 1.54) is 30.6 Å². The minimum atomic E-state index is -4.84. The van der Waals surface area contributed by atoms with Crippen LogP contribution in [0.15, 0.2) is 0 Å². The second-order valence-electron chi connectivity index (χ2n) is 4.18. The van der Waals surface area contributed by atoms with Crippen LogP contribution in [0.4, 0.5) is 13.2 Å². The molecule has 0 aromatic heterocycles. The van der Waals surface area contributed by atoms with Crippen molar-refractivity contribution in [3.63, 3.8) is 0 Å². The summed E-state index contributed by atoms with van der Waals surface area (Å²) < 4.78 is 40.0. The second-order valence-corrected chi connectivity index (χ2v) is 7.87. The molecule has 4 nitrogen and oxygen atoms in total. The maximum atomic E-state index is 11.9. The largest absolute Gasteiger partial charge is 0.471 e. The van der Waals surface area contributed by atoms with Gasteiger partial charge in [0.05, 0.1) is 17.6 Å². The Kier molecular flexibility index (Phi) is 8.41. The number of alkyl halides is 3. The molecule has 0 fully saturated rings. The van der Waals surface area contributed by atoms with E-state index in [9.17, 15) is 22.8 Å². The lowest BCUT2D eigenvalue weighted by Crippen LogP contribution is -2.38. The molecule has 0 rings (SSSR count). The zero-order valence-electron chi connectivity index (χ0n) is 11.5. The van der Waals surface area contributed by atoms with Gasteiger partial charge >= 0.3 is 18.1 Å². The highest BCUT2D eigenvalue weighted by Gasteiger charge is 2.38. The third-order valence-electron chi connectivity index (χ3n) is 2.08. The molecule has 0 radical (unpaired) electrons. The summed E-state index contributed by atoms with van der Waals surface area (Å²) in [6, 6.07) is 0. The van der Waals surface area contributed by atoms with Crippen molar-refractivity contribution in [3.05, 3.63) is 0 Å². The quantitative estimate of drug-likeness (QED) is 0.420. The van der Waals surface area contributed by atoms with Gasteiger partial charge in [-0.3, -0.25) is 9.59 Å². The average molecular weight is 333 g/mol. The lowest BCUT2D eigenvalue weighted by molar-refractivity contribution is -0.173. The van der Waals surface area contributed by atoms with Gasteiger partial charge in [-0.2, -0.15) is 13.2 Å². The number of amides is 1. The van der Waals surface area contributed by atoms with Gasteiger partial charge in [0.15, 0.2) is 0 Å². The smallest absolute Gasteiger partial charge is 0.469 e. The SMILES string of the molecule is COC(=O)CCSC(C)(C)SCCNC(=O)C(F)(F)F. The number of hydrogen-bond donors (Lipinski definition) is 1. The normalized spacial score (nSPS) is 12.1. The van der Waals surface area contributed by atoms with Crippen LogP contribution in [-0.2, 0) is 14.3 Å². The lowest BCUT2D eigenvalue weighted by atomic mass is 10.5. The molecule has 0 aliphatic carbocycles. The summed E-state index contributed by atoms with van der Waals surface area (Å²) in [5.41, 5.74) is 0. The molecule has 0 bridgehead atoms. The molecule has 0 saturated carbocycles. The Morgan fingerprint density at radius 3 is 2.20 bits per heavy atom. The Bertz CT molecular complexity index is 335. The van der Waals surface area contributed by atoms with E-state index in [1.807, 2.05) is 19.2 Å². The van der Waals surface area contributed by atoms with Gasteiger partial charge < -0.3 is 10.1 Å². The molecular weight excluding hydrogens is 315 g/mol. The molecule has 1 amide bonds. The van der Waals surface area contributed by atoms with Crippen molar-refractivity contribution in [1.29, 1.82) is 0 Å². The zero-order chi connectivity index (χ0) is 15.8. The number of carbonyl (C=O) groups is 2. The Morgan fingerprint density at radius 2 is 1.70 bits per heavy atom. The van der Waals surface area contributed by atoms with Crippen molar-refractivity contribution >= 4 is 35.4 Å². The first-order valence-electron chi connectivity index (χ1n) is 5.78. The van der Waals surface area contributed by atoms with Gasteiger partial charge in [-0.1, -0.05) is 0 Å². The van der Waals surface area contributed by atoms with Crippen molar-refractivity contribution in [2.75, 3.05) is 25.2 Å². The number of ether oxygens (including phenoxy) is 1. The molecule has 1 N–H and O–H groups in total. The fraction of sp³-hybridized carbons (Fsp3) is 0.818. The molecule has 0 aliphatic heterocycles. The highest BCUT2D eigenvalue weighted by molar-refractivity contribution is 8.18. The minimum absolute atomic E-state index is 0.0516. The van der Waals surface area contributed by atoms with Crippen LogP contribution in [0.2, 0.25) is 0 Å². The van der Waals surface area contributed by atoms with Gasteiger partial charge in [0.1, 0.15) is 0 Å². The predicted molar refractivity (Wildman–Crippen MR) is 74.7 cm³/mol. The molecular formula is C11H18F3NO3S2. The van der Waals surface area contributed by atoms with E-state index in [4.69, 9.17) is 0 Å². The fourth-order valence-corrected chi connectivity index (χ4v) is 3.37. The van der Waals surface area contributed by atoms with Gasteiger partial charge in [0.2, 0.25) is 0 Å². The molecule has 0 heterocycles. The number of rotatable bonds is 8. The Morgan fingerprint density at radius 1 is 1.15 bits per heavy atom. The van der Waals surface area contributed by atoms with Crippen LogP contribution in [0.5, 0.6) is 0 Å². The summed E-state index contributed by atoms with van der Waals surface area (Å²) in [6.45, 7) is 3.76. The molecule has 0 aromatic rings. The van der Waals surface area contributed by atoms with E-state index in [0.717, 1.165) is 0 Å². The van der Waals surface area contributed by atoms with E-state index in [0.29, 0.717) is 11.5 Å². The summed E-state index contributed by atoms with van der Waals surface area (Å²) in [6.07, 6.45) is -4.55. The minimum Gasteiger partial charge on any atom is -0.469 e. The van der Waals surface area contributed by atoms with Crippen molar-refractivity contribution in [1.82, 2.24) is 5.32 Å². The number of thioether (sulfide) groups is 2. The van der Waals surface area contributed by atoms with Crippen LogP contribution in [0, 0.1) is 0 Å². The molecule has 0 spiro atoms. The summed E-state index contributed by atoms with van der Waals surface area (Å²) in [5.74, 6) is -1.29. The summed E-state index contributed by atoms with van der Waals surface area (Å²) >= 11 is 2.93. The lowest BCUT2D eigenvalue weighted by Gasteiger charge is -2.23. The van der Waals surface area contributed by atoms with Crippen molar-refractivity contribution in [3.8, 4) is 0 Å². The molecule has 0 aromatic carbocycles. The van der Waals surface area contributed by atoms with E-state index in [1.54, 1.807) is 0 Å². The zero-order valence-corrected chi connectivity index (χ0v) is 13.1. The predicted octanol–water partition coefficient (Wildman–Crippen LogP) is 2.43. The first-order chi connectivity index (χ1) is 9.08. The van der Waals surface area contributed by atoms with Gasteiger partial charge in [-0.25, -0.2) is 0 Å². The maximum absolute atomic E-state index is 11.9. The van der Waals surface area contributed by atoms with Gasteiger partial charge in [-0.05, 0) is 13.8 Å². The molecule has 0 saturated heterocycles. The van der Waals surface area contributed by atoms with Crippen LogP contribution >= 0.6 is 23.5 Å². The Labute approximate surface area is 124 Å². The molecule has 118 valence electrons. The third kappa shape index (κ3) is 9.35. The van der Waals surface area contributed by atoms with Crippen LogP contribution < -0.4 is 5.32 Å². The molecule has 0 unspecified atom stereocenters. The van der Waals surface area contributed by atoms with Crippen LogP contribution in [0.3, 0.4) is 0 Å². The van der Waals surface area contributed by atoms with Crippen molar-refractivity contribution < 1.29 is 27.5 Å². The van der Waals surface area contributed by atoms with Crippen LogP contribution in [0.25, 0.3) is 0 Å². The number of methoxy groups -OCH3 is 1. The fourth-order valence-electron chi connectivity index (χ4n) is 1.09. The number of carbonyl (C=O) groups excluding carboxylic acids is 2.